The van der Waals surface area contributed by atoms with Crippen LogP contribution in [0.25, 0.3) is 0 Å². The monoisotopic (exact) mass is 207 g/mol. The van der Waals surface area contributed by atoms with Crippen molar-refractivity contribution >= 4 is 29.1 Å². The molecule has 4 heteroatoms. The lowest BCUT2D eigenvalue weighted by atomic mass is 10.3. The molecule has 2 aliphatic rings. The first-order chi connectivity index (χ1) is 5.59. The normalized spacial score (nSPS) is 31.3. The number of hydrogen-bond donors (Lipinski definition) is 1. The SMILES string of the molecule is O=C(NCC1CC1)C1CC1(Cl)Cl. The van der Waals surface area contributed by atoms with Crippen molar-refractivity contribution in [1.29, 1.82) is 0 Å². The first-order valence-electron chi connectivity index (χ1n) is 4.25. The molecular weight excluding hydrogens is 197 g/mol. The van der Waals surface area contributed by atoms with E-state index < -0.39 is 4.33 Å². The molecule has 68 valence electrons. The molecule has 12 heavy (non-hydrogen) atoms. The fourth-order valence-electron chi connectivity index (χ4n) is 1.19. The topological polar surface area (TPSA) is 29.1 Å². The minimum absolute atomic E-state index is 0.0203. The molecule has 1 unspecified atom stereocenters. The number of carbonyl (C=O) groups is 1. The third-order valence-corrected chi connectivity index (χ3v) is 3.24. The summed E-state index contributed by atoms with van der Waals surface area (Å²) in [6, 6.07) is 0. The second-order valence-corrected chi connectivity index (χ2v) is 5.25. The van der Waals surface area contributed by atoms with Crippen molar-refractivity contribution in [2.24, 2.45) is 11.8 Å². The summed E-state index contributed by atoms with van der Waals surface area (Å²) in [5.41, 5.74) is 0. The highest BCUT2D eigenvalue weighted by atomic mass is 35.5. The van der Waals surface area contributed by atoms with E-state index in [0.717, 1.165) is 6.54 Å². The second kappa shape index (κ2) is 2.78. The van der Waals surface area contributed by atoms with E-state index in [1.807, 2.05) is 0 Å². The Bertz CT molecular complexity index is 213. The zero-order valence-electron chi connectivity index (χ0n) is 6.65. The lowest BCUT2D eigenvalue weighted by molar-refractivity contribution is -0.122. The molecule has 2 saturated carbocycles. The van der Waals surface area contributed by atoms with Gasteiger partial charge in [-0.15, -0.1) is 23.2 Å². The first kappa shape index (κ1) is 8.64. The van der Waals surface area contributed by atoms with E-state index in [1.54, 1.807) is 0 Å². The van der Waals surface area contributed by atoms with Crippen molar-refractivity contribution in [2.45, 2.75) is 23.6 Å². The molecule has 0 aromatic carbocycles. The summed E-state index contributed by atoms with van der Waals surface area (Å²) in [7, 11) is 0. The van der Waals surface area contributed by atoms with Gasteiger partial charge in [-0.2, -0.15) is 0 Å². The van der Waals surface area contributed by atoms with Gasteiger partial charge >= 0.3 is 0 Å². The Morgan fingerprint density at radius 3 is 2.50 bits per heavy atom. The number of alkyl halides is 2. The summed E-state index contributed by atoms with van der Waals surface area (Å²) in [6.07, 6.45) is 3.10. The van der Waals surface area contributed by atoms with Crippen LogP contribution in [0.3, 0.4) is 0 Å². The smallest absolute Gasteiger partial charge is 0.226 e. The first-order valence-corrected chi connectivity index (χ1v) is 5.01. The Morgan fingerprint density at radius 2 is 2.08 bits per heavy atom. The van der Waals surface area contributed by atoms with Crippen LogP contribution in [0, 0.1) is 11.8 Å². The van der Waals surface area contributed by atoms with E-state index in [0.29, 0.717) is 12.3 Å². The fraction of sp³-hybridized carbons (Fsp3) is 0.875. The van der Waals surface area contributed by atoms with Gasteiger partial charge in [0.25, 0.3) is 0 Å². The van der Waals surface area contributed by atoms with Crippen molar-refractivity contribution in [3.05, 3.63) is 0 Å². The Labute approximate surface area is 81.6 Å². The van der Waals surface area contributed by atoms with Crippen LogP contribution in [-0.2, 0) is 4.79 Å². The molecule has 1 atom stereocenters. The van der Waals surface area contributed by atoms with Crippen LogP contribution in [0.4, 0.5) is 0 Å². The maximum atomic E-state index is 11.3. The van der Waals surface area contributed by atoms with E-state index in [1.165, 1.54) is 12.8 Å². The van der Waals surface area contributed by atoms with E-state index in [9.17, 15) is 4.79 Å². The molecule has 0 aromatic rings. The van der Waals surface area contributed by atoms with E-state index in [4.69, 9.17) is 23.2 Å². The molecule has 2 fully saturated rings. The minimum Gasteiger partial charge on any atom is -0.355 e. The van der Waals surface area contributed by atoms with Gasteiger partial charge in [-0.05, 0) is 25.2 Å². The lowest BCUT2D eigenvalue weighted by Gasteiger charge is -2.02. The maximum Gasteiger partial charge on any atom is 0.226 e. The molecule has 2 rings (SSSR count). The molecular formula is C8H11Cl2NO. The van der Waals surface area contributed by atoms with Crippen molar-refractivity contribution < 1.29 is 4.79 Å². The van der Waals surface area contributed by atoms with E-state index in [-0.39, 0.29) is 11.8 Å². The zero-order chi connectivity index (χ0) is 8.77. The molecule has 0 radical (unpaired) electrons. The summed E-state index contributed by atoms with van der Waals surface area (Å²) in [6.45, 7) is 0.805. The Hall–Kier alpha value is 0.0500. The molecule has 0 heterocycles. The predicted octanol–water partition coefficient (Wildman–Crippen LogP) is 1.71. The summed E-state index contributed by atoms with van der Waals surface area (Å²) in [5.74, 6) is 0.569. The molecule has 0 aromatic heterocycles. The zero-order valence-corrected chi connectivity index (χ0v) is 8.16. The highest BCUT2D eigenvalue weighted by Gasteiger charge is 2.56. The molecule has 0 saturated heterocycles. The largest absolute Gasteiger partial charge is 0.355 e. The quantitative estimate of drug-likeness (QED) is 0.702. The maximum absolute atomic E-state index is 11.3. The molecule has 2 nitrogen and oxygen atoms in total. The number of carbonyl (C=O) groups excluding carboxylic acids is 1. The number of halogens is 2. The summed E-state index contributed by atoms with van der Waals surface area (Å²) >= 11 is 11.5. The molecule has 0 spiro atoms. The van der Waals surface area contributed by atoms with Gasteiger partial charge in [-0.25, -0.2) is 0 Å². The van der Waals surface area contributed by atoms with Crippen LogP contribution in [0.2, 0.25) is 0 Å². The predicted molar refractivity (Wildman–Crippen MR) is 48.3 cm³/mol. The fourth-order valence-corrected chi connectivity index (χ4v) is 1.69. The average molecular weight is 208 g/mol. The van der Waals surface area contributed by atoms with Crippen LogP contribution >= 0.6 is 23.2 Å². The number of rotatable bonds is 3. The number of nitrogens with one attached hydrogen (secondary N) is 1. The van der Waals surface area contributed by atoms with E-state index >= 15 is 0 Å². The third-order valence-electron chi connectivity index (χ3n) is 2.40. The van der Waals surface area contributed by atoms with Gasteiger partial charge in [0.2, 0.25) is 5.91 Å². The van der Waals surface area contributed by atoms with Crippen LogP contribution in [0.1, 0.15) is 19.3 Å². The summed E-state index contributed by atoms with van der Waals surface area (Å²) in [4.78, 5) is 11.3. The Kier molecular flexibility index (Phi) is 2.00. The van der Waals surface area contributed by atoms with Gasteiger partial charge < -0.3 is 5.32 Å². The second-order valence-electron chi connectivity index (χ2n) is 3.71. The van der Waals surface area contributed by atoms with Gasteiger partial charge in [0.15, 0.2) is 0 Å². The van der Waals surface area contributed by atoms with Crippen molar-refractivity contribution in [3.8, 4) is 0 Å². The van der Waals surface area contributed by atoms with Crippen LogP contribution in [0.5, 0.6) is 0 Å². The minimum atomic E-state index is -0.770. The van der Waals surface area contributed by atoms with Crippen LogP contribution in [-0.4, -0.2) is 16.8 Å². The standard InChI is InChI=1S/C8H11Cl2NO/c9-8(10)3-6(8)7(12)11-4-5-1-2-5/h5-6H,1-4H2,(H,11,12). The highest BCUT2D eigenvalue weighted by Crippen LogP contribution is 2.53. The van der Waals surface area contributed by atoms with Gasteiger partial charge in [0.05, 0.1) is 5.92 Å². The van der Waals surface area contributed by atoms with Crippen molar-refractivity contribution in [1.82, 2.24) is 5.32 Å². The molecule has 1 amide bonds. The Morgan fingerprint density at radius 1 is 1.50 bits per heavy atom. The van der Waals surface area contributed by atoms with Gasteiger partial charge in [-0.3, -0.25) is 4.79 Å². The van der Waals surface area contributed by atoms with E-state index in [2.05, 4.69) is 5.32 Å². The molecule has 2 aliphatic carbocycles. The Balaban J connectivity index is 1.70. The summed E-state index contributed by atoms with van der Waals surface area (Å²) in [5, 5.41) is 2.85. The number of amides is 1. The average Bonchev–Trinajstić information content (AvgIpc) is 2.83. The van der Waals surface area contributed by atoms with Gasteiger partial charge in [0.1, 0.15) is 4.33 Å². The van der Waals surface area contributed by atoms with Crippen LogP contribution in [0.15, 0.2) is 0 Å². The number of hydrogen-bond acceptors (Lipinski definition) is 1. The van der Waals surface area contributed by atoms with Crippen LogP contribution < -0.4 is 5.32 Å². The third kappa shape index (κ3) is 1.86. The highest BCUT2D eigenvalue weighted by molar-refractivity contribution is 6.52. The molecule has 1 N–H and O–H groups in total. The lowest BCUT2D eigenvalue weighted by Crippen LogP contribution is -2.28. The van der Waals surface area contributed by atoms with Gasteiger partial charge in [-0.1, -0.05) is 0 Å². The van der Waals surface area contributed by atoms with Gasteiger partial charge in [0, 0.05) is 6.54 Å². The molecule has 0 aliphatic heterocycles. The summed E-state index contributed by atoms with van der Waals surface area (Å²) < 4.78 is -0.770. The molecule has 0 bridgehead atoms. The van der Waals surface area contributed by atoms with Crippen molar-refractivity contribution in [3.63, 3.8) is 0 Å². The van der Waals surface area contributed by atoms with Crippen molar-refractivity contribution in [2.75, 3.05) is 6.54 Å².